The van der Waals surface area contributed by atoms with E-state index in [-0.39, 0.29) is 11.7 Å². The number of hydrogen-bond acceptors (Lipinski definition) is 1. The summed E-state index contributed by atoms with van der Waals surface area (Å²) in [6, 6.07) is 17.6. The number of rotatable bonds is 2. The quantitative estimate of drug-likeness (QED) is 0.785. The summed E-state index contributed by atoms with van der Waals surface area (Å²) in [6.07, 6.45) is 2.63. The van der Waals surface area contributed by atoms with Gasteiger partial charge >= 0.3 is 0 Å². The number of hydrogen-bond donors (Lipinski definition) is 0. The van der Waals surface area contributed by atoms with Crippen molar-refractivity contribution in [2.24, 2.45) is 0 Å². The maximum absolute atomic E-state index is 12.1. The van der Waals surface area contributed by atoms with Crippen LogP contribution in [0.25, 0.3) is 5.57 Å². The monoisotopic (exact) mass is 268 g/mol. The van der Waals surface area contributed by atoms with Crippen LogP contribution in [0.4, 0.5) is 0 Å². The van der Waals surface area contributed by atoms with Crippen molar-refractivity contribution in [3.63, 3.8) is 0 Å². The molecule has 0 aliphatic heterocycles. The number of allylic oxidation sites excluding steroid dienone is 2. The molecule has 0 spiro atoms. The van der Waals surface area contributed by atoms with Gasteiger partial charge in [-0.3, -0.25) is 4.79 Å². The molecule has 0 bridgehead atoms. The van der Waals surface area contributed by atoms with Crippen LogP contribution in [0.1, 0.15) is 23.5 Å². The van der Waals surface area contributed by atoms with E-state index in [0.29, 0.717) is 11.4 Å². The van der Waals surface area contributed by atoms with Gasteiger partial charge in [0, 0.05) is 22.9 Å². The highest BCUT2D eigenvalue weighted by Gasteiger charge is 2.25. The van der Waals surface area contributed by atoms with Crippen LogP contribution in [0.15, 0.2) is 60.7 Å². The van der Waals surface area contributed by atoms with E-state index in [1.54, 1.807) is 0 Å². The predicted molar refractivity (Wildman–Crippen MR) is 78.2 cm³/mol. The Bertz CT molecular complexity index is 626. The summed E-state index contributed by atoms with van der Waals surface area (Å²) >= 11 is 5.87. The average Bonchev–Trinajstić information content (AvgIpc) is 2.83. The first-order valence-electron chi connectivity index (χ1n) is 6.30. The molecule has 94 valence electrons. The first-order valence-corrected chi connectivity index (χ1v) is 6.68. The van der Waals surface area contributed by atoms with Gasteiger partial charge in [-0.1, -0.05) is 60.1 Å². The zero-order chi connectivity index (χ0) is 13.2. The lowest BCUT2D eigenvalue weighted by molar-refractivity contribution is -0.113. The second-order valence-corrected chi connectivity index (χ2v) is 5.17. The van der Waals surface area contributed by atoms with Gasteiger partial charge in [-0.2, -0.15) is 0 Å². The molecule has 0 aromatic heterocycles. The van der Waals surface area contributed by atoms with E-state index >= 15 is 0 Å². The second-order valence-electron chi connectivity index (χ2n) is 4.73. The van der Waals surface area contributed by atoms with Gasteiger partial charge in [0.05, 0.1) is 0 Å². The number of ketones is 1. The largest absolute Gasteiger partial charge is 0.294 e. The molecule has 1 nitrogen and oxygen atoms in total. The Balaban J connectivity index is 1.94. The van der Waals surface area contributed by atoms with E-state index in [4.69, 9.17) is 11.6 Å². The van der Waals surface area contributed by atoms with Gasteiger partial charge in [-0.25, -0.2) is 0 Å². The highest BCUT2D eigenvalue weighted by Crippen LogP contribution is 2.35. The summed E-state index contributed by atoms with van der Waals surface area (Å²) in [5.74, 6) is 0.399. The normalized spacial score (nSPS) is 18.5. The smallest absolute Gasteiger partial charge is 0.164 e. The number of halogens is 1. The topological polar surface area (TPSA) is 17.1 Å². The minimum atomic E-state index is 0.194. The molecule has 0 amide bonds. The van der Waals surface area contributed by atoms with Crippen molar-refractivity contribution in [3.05, 3.63) is 76.8 Å². The first kappa shape index (κ1) is 12.2. The van der Waals surface area contributed by atoms with Crippen molar-refractivity contribution >= 4 is 23.0 Å². The Labute approximate surface area is 117 Å². The van der Waals surface area contributed by atoms with Gasteiger partial charge in [0.2, 0.25) is 0 Å². The van der Waals surface area contributed by atoms with E-state index in [2.05, 4.69) is 18.2 Å². The lowest BCUT2D eigenvalue weighted by Crippen LogP contribution is -1.97. The van der Waals surface area contributed by atoms with Crippen LogP contribution < -0.4 is 0 Å². The van der Waals surface area contributed by atoms with Crippen molar-refractivity contribution in [1.29, 1.82) is 0 Å². The van der Waals surface area contributed by atoms with E-state index in [9.17, 15) is 4.79 Å². The molecular formula is C17H13ClO. The van der Waals surface area contributed by atoms with Crippen LogP contribution in [0.5, 0.6) is 0 Å². The van der Waals surface area contributed by atoms with Crippen LogP contribution in [0.3, 0.4) is 0 Å². The Hall–Kier alpha value is -1.86. The molecule has 0 saturated carbocycles. The maximum atomic E-state index is 12.1. The summed E-state index contributed by atoms with van der Waals surface area (Å²) in [7, 11) is 0. The first-order chi connectivity index (χ1) is 9.24. The molecular weight excluding hydrogens is 256 g/mol. The SMILES string of the molecule is O=C1CC(c2ccccc2)C=C1c1ccc(Cl)cc1. The highest BCUT2D eigenvalue weighted by atomic mass is 35.5. The fourth-order valence-electron chi connectivity index (χ4n) is 2.46. The lowest BCUT2D eigenvalue weighted by Gasteiger charge is -2.05. The predicted octanol–water partition coefficient (Wildman–Crippen LogP) is 4.48. The van der Waals surface area contributed by atoms with E-state index in [1.165, 1.54) is 5.56 Å². The van der Waals surface area contributed by atoms with Crippen LogP contribution in [0, 0.1) is 0 Å². The lowest BCUT2D eigenvalue weighted by atomic mass is 9.99. The van der Waals surface area contributed by atoms with E-state index < -0.39 is 0 Å². The van der Waals surface area contributed by atoms with Crippen molar-refractivity contribution in [2.45, 2.75) is 12.3 Å². The van der Waals surface area contributed by atoms with Gasteiger partial charge in [-0.15, -0.1) is 0 Å². The molecule has 2 aromatic carbocycles. The molecule has 0 radical (unpaired) electrons. The molecule has 0 fully saturated rings. The maximum Gasteiger partial charge on any atom is 0.164 e. The zero-order valence-corrected chi connectivity index (χ0v) is 11.1. The van der Waals surface area contributed by atoms with Crippen LogP contribution in [-0.4, -0.2) is 5.78 Å². The number of carbonyl (C=O) groups excluding carboxylic acids is 1. The molecule has 1 unspecified atom stereocenters. The highest BCUT2D eigenvalue weighted by molar-refractivity contribution is 6.30. The number of benzene rings is 2. The minimum Gasteiger partial charge on any atom is -0.294 e. The standard InChI is InChI=1S/C17H13ClO/c18-15-8-6-13(7-9-15)16-10-14(11-17(16)19)12-4-2-1-3-5-12/h1-10,14H,11H2. The third kappa shape index (κ3) is 2.47. The molecule has 19 heavy (non-hydrogen) atoms. The average molecular weight is 269 g/mol. The Morgan fingerprint density at radius 1 is 0.947 bits per heavy atom. The van der Waals surface area contributed by atoms with Crippen molar-refractivity contribution in [3.8, 4) is 0 Å². The van der Waals surface area contributed by atoms with Crippen LogP contribution >= 0.6 is 11.6 Å². The van der Waals surface area contributed by atoms with Crippen molar-refractivity contribution < 1.29 is 4.79 Å². The van der Waals surface area contributed by atoms with Gasteiger partial charge in [-0.05, 0) is 23.3 Å². The molecule has 0 heterocycles. The Kier molecular flexibility index (Phi) is 3.22. The summed E-state index contributed by atoms with van der Waals surface area (Å²) in [6.45, 7) is 0. The fourth-order valence-corrected chi connectivity index (χ4v) is 2.59. The van der Waals surface area contributed by atoms with Crippen LogP contribution in [0.2, 0.25) is 5.02 Å². The molecule has 0 saturated heterocycles. The van der Waals surface area contributed by atoms with Gasteiger partial charge in [0.1, 0.15) is 0 Å². The van der Waals surface area contributed by atoms with Gasteiger partial charge in [0.25, 0.3) is 0 Å². The molecule has 1 aliphatic carbocycles. The van der Waals surface area contributed by atoms with Gasteiger partial charge in [0.15, 0.2) is 5.78 Å². The molecule has 2 aromatic rings. The van der Waals surface area contributed by atoms with Crippen molar-refractivity contribution in [1.82, 2.24) is 0 Å². The third-order valence-electron chi connectivity index (χ3n) is 3.46. The summed E-state index contributed by atoms with van der Waals surface area (Å²) in [5, 5.41) is 0.689. The Morgan fingerprint density at radius 3 is 2.32 bits per heavy atom. The summed E-state index contributed by atoms with van der Waals surface area (Å²) in [5.41, 5.74) is 2.96. The summed E-state index contributed by atoms with van der Waals surface area (Å²) in [4.78, 5) is 12.1. The van der Waals surface area contributed by atoms with Crippen molar-refractivity contribution in [2.75, 3.05) is 0 Å². The zero-order valence-electron chi connectivity index (χ0n) is 10.3. The van der Waals surface area contributed by atoms with E-state index in [0.717, 1.165) is 11.1 Å². The van der Waals surface area contributed by atoms with Gasteiger partial charge < -0.3 is 0 Å². The summed E-state index contributed by atoms with van der Waals surface area (Å²) < 4.78 is 0. The molecule has 1 atom stereocenters. The van der Waals surface area contributed by atoms with E-state index in [1.807, 2.05) is 42.5 Å². The second kappa shape index (κ2) is 5.02. The molecule has 0 N–H and O–H groups in total. The third-order valence-corrected chi connectivity index (χ3v) is 3.71. The molecule has 1 aliphatic rings. The van der Waals surface area contributed by atoms with Crippen LogP contribution in [-0.2, 0) is 4.79 Å². The number of Topliss-reactive ketones (excluding diaryl/α,β-unsaturated/α-hetero) is 1. The molecule has 3 rings (SSSR count). The minimum absolute atomic E-state index is 0.194. The fraction of sp³-hybridized carbons (Fsp3) is 0.118. The number of carbonyl (C=O) groups is 1. The molecule has 2 heteroatoms. The Morgan fingerprint density at radius 2 is 1.63 bits per heavy atom.